The van der Waals surface area contributed by atoms with E-state index in [0.29, 0.717) is 98.3 Å². The van der Waals surface area contributed by atoms with Crippen LogP contribution in [0, 0.1) is 0 Å². The summed E-state index contributed by atoms with van der Waals surface area (Å²) in [5.41, 5.74) is 2.35. The molecule has 2 aliphatic heterocycles. The number of halogens is 3. The predicted molar refractivity (Wildman–Crippen MR) is 184 cm³/mol. The third-order valence-electron chi connectivity index (χ3n) is 9.34. The largest absolute Gasteiger partial charge is 0.493 e. The number of carbonyl (C=O) groups is 2. The van der Waals surface area contributed by atoms with Crippen LogP contribution in [0.4, 0.5) is 13.2 Å². The van der Waals surface area contributed by atoms with Crippen molar-refractivity contribution in [3.05, 3.63) is 93.4 Å². The van der Waals surface area contributed by atoms with Crippen LogP contribution in [0.25, 0.3) is 11.1 Å². The van der Waals surface area contributed by atoms with Crippen LogP contribution >= 0.6 is 11.3 Å². The molecule has 2 aliphatic rings. The molecular weight excluding hydrogens is 669 g/mol. The number of alkyl halides is 3. The third-order valence-corrected chi connectivity index (χ3v) is 10.4. The molecule has 3 aromatic carbocycles. The Kier molecular flexibility index (Phi) is 10.6. The van der Waals surface area contributed by atoms with E-state index in [4.69, 9.17) is 19.2 Å². The Balaban J connectivity index is 1.02. The average Bonchev–Trinajstić information content (AvgIpc) is 3.64. The number of likely N-dealkylation sites (tertiary alicyclic amines) is 1. The van der Waals surface area contributed by atoms with E-state index in [1.165, 1.54) is 23.5 Å². The molecule has 0 N–H and O–H groups in total. The van der Waals surface area contributed by atoms with Crippen LogP contribution < -0.4 is 14.2 Å². The minimum Gasteiger partial charge on any atom is -0.493 e. The van der Waals surface area contributed by atoms with Gasteiger partial charge in [0.2, 0.25) is 5.75 Å². The van der Waals surface area contributed by atoms with Crippen LogP contribution in [0.2, 0.25) is 0 Å². The Morgan fingerprint density at radius 1 is 0.820 bits per heavy atom. The number of piperazine rings is 1. The number of aromatic nitrogens is 1. The van der Waals surface area contributed by atoms with Gasteiger partial charge in [-0.3, -0.25) is 14.5 Å². The lowest BCUT2D eigenvalue weighted by molar-refractivity contribution is -0.137. The van der Waals surface area contributed by atoms with E-state index in [0.717, 1.165) is 22.7 Å². The maximum Gasteiger partial charge on any atom is 0.416 e. The van der Waals surface area contributed by atoms with Gasteiger partial charge in [-0.15, -0.1) is 11.3 Å². The molecule has 2 fully saturated rings. The zero-order chi connectivity index (χ0) is 35.4. The molecule has 50 heavy (non-hydrogen) atoms. The highest BCUT2D eigenvalue weighted by molar-refractivity contribution is 7.09. The van der Waals surface area contributed by atoms with E-state index >= 15 is 0 Å². The molecule has 3 heterocycles. The number of benzene rings is 3. The summed E-state index contributed by atoms with van der Waals surface area (Å²) in [4.78, 5) is 37.7. The first-order valence-corrected chi connectivity index (χ1v) is 17.3. The highest BCUT2D eigenvalue weighted by Crippen LogP contribution is 2.39. The normalized spacial score (nSPS) is 16.0. The summed E-state index contributed by atoms with van der Waals surface area (Å²) in [6.07, 6.45) is -3.02. The quantitative estimate of drug-likeness (QED) is 0.189. The van der Waals surface area contributed by atoms with Gasteiger partial charge in [-0.25, -0.2) is 4.98 Å². The second kappa shape index (κ2) is 15.1. The molecule has 13 heteroatoms. The standard InChI is InChI=1S/C37H39F3N4O5S/c1-47-31-20-24(21-32(48-2)33(31)49-3)22-42-16-18-44(19-17-42)36(46)30-23-50-34(41-30)26-12-14-43(15-13-26)35(45)29-7-5-4-6-28(29)25-8-10-27(11-9-25)37(38,39)40/h4-11,20-21,23,26H,12-19,22H2,1-3H3. The molecule has 1 aromatic heterocycles. The Morgan fingerprint density at radius 2 is 1.44 bits per heavy atom. The maximum atomic E-state index is 13.6. The van der Waals surface area contributed by atoms with Gasteiger partial charge in [0, 0.05) is 62.7 Å². The molecule has 0 aliphatic carbocycles. The lowest BCUT2D eigenvalue weighted by Crippen LogP contribution is -2.48. The summed E-state index contributed by atoms with van der Waals surface area (Å²) < 4.78 is 55.7. The second-order valence-corrected chi connectivity index (χ2v) is 13.2. The lowest BCUT2D eigenvalue weighted by atomic mass is 9.94. The van der Waals surface area contributed by atoms with Crippen LogP contribution in [0.15, 0.2) is 66.0 Å². The highest BCUT2D eigenvalue weighted by Gasteiger charge is 2.32. The zero-order valence-corrected chi connectivity index (χ0v) is 29.0. The fraction of sp³-hybridized carbons (Fsp3) is 0.378. The zero-order valence-electron chi connectivity index (χ0n) is 28.2. The number of amides is 2. The minimum absolute atomic E-state index is 0.0765. The summed E-state index contributed by atoms with van der Waals surface area (Å²) >= 11 is 1.48. The number of carbonyl (C=O) groups excluding carboxylic acids is 2. The van der Waals surface area contributed by atoms with E-state index in [1.54, 1.807) is 50.5 Å². The molecule has 0 atom stereocenters. The Labute approximate surface area is 293 Å². The van der Waals surface area contributed by atoms with Crippen LogP contribution in [0.5, 0.6) is 17.2 Å². The molecule has 264 valence electrons. The summed E-state index contributed by atoms with van der Waals surface area (Å²) in [5, 5.41) is 2.73. The third kappa shape index (κ3) is 7.58. The summed E-state index contributed by atoms with van der Waals surface area (Å²) in [5.74, 6) is 1.66. The first-order chi connectivity index (χ1) is 24.1. The number of thiazole rings is 1. The number of hydrogen-bond acceptors (Lipinski definition) is 8. The van der Waals surface area contributed by atoms with Gasteiger partial charge in [0.15, 0.2) is 11.5 Å². The van der Waals surface area contributed by atoms with E-state index in [-0.39, 0.29) is 17.7 Å². The van der Waals surface area contributed by atoms with Gasteiger partial charge in [-0.05, 0) is 59.9 Å². The van der Waals surface area contributed by atoms with Crippen molar-refractivity contribution >= 4 is 23.2 Å². The van der Waals surface area contributed by atoms with Gasteiger partial charge in [-0.1, -0.05) is 30.3 Å². The first kappa shape index (κ1) is 35.2. The number of nitrogens with zero attached hydrogens (tertiary/aromatic N) is 4. The van der Waals surface area contributed by atoms with Gasteiger partial charge in [0.05, 0.1) is 31.9 Å². The van der Waals surface area contributed by atoms with Crippen molar-refractivity contribution in [2.45, 2.75) is 31.5 Å². The van der Waals surface area contributed by atoms with Gasteiger partial charge in [0.1, 0.15) is 5.69 Å². The highest BCUT2D eigenvalue weighted by atomic mass is 32.1. The molecule has 0 unspecified atom stereocenters. The fourth-order valence-corrected chi connectivity index (χ4v) is 7.55. The van der Waals surface area contributed by atoms with Crippen molar-refractivity contribution in [1.29, 1.82) is 0 Å². The molecule has 4 aromatic rings. The molecule has 0 radical (unpaired) electrons. The molecule has 0 bridgehead atoms. The molecular formula is C37H39F3N4O5S. The van der Waals surface area contributed by atoms with Crippen molar-refractivity contribution in [3.63, 3.8) is 0 Å². The predicted octanol–water partition coefficient (Wildman–Crippen LogP) is 6.83. The van der Waals surface area contributed by atoms with Crippen LogP contribution in [-0.2, 0) is 12.7 Å². The Bertz CT molecular complexity index is 1790. The van der Waals surface area contributed by atoms with Gasteiger partial charge >= 0.3 is 6.18 Å². The number of ether oxygens (including phenoxy) is 3. The number of piperidine rings is 1. The van der Waals surface area contributed by atoms with Crippen molar-refractivity contribution < 1.29 is 37.0 Å². The summed E-state index contributed by atoms with van der Waals surface area (Å²) in [7, 11) is 4.77. The van der Waals surface area contributed by atoms with Gasteiger partial charge in [-0.2, -0.15) is 13.2 Å². The number of rotatable bonds is 9. The van der Waals surface area contributed by atoms with E-state index in [9.17, 15) is 22.8 Å². The van der Waals surface area contributed by atoms with E-state index in [2.05, 4.69) is 4.90 Å². The fourth-order valence-electron chi connectivity index (χ4n) is 6.59. The van der Waals surface area contributed by atoms with E-state index < -0.39 is 11.7 Å². The summed E-state index contributed by atoms with van der Waals surface area (Å²) in [6.45, 7) is 4.32. The molecule has 2 saturated heterocycles. The van der Waals surface area contributed by atoms with E-state index in [1.807, 2.05) is 22.4 Å². The Morgan fingerprint density at radius 3 is 2.04 bits per heavy atom. The average molecular weight is 709 g/mol. The molecule has 6 rings (SSSR count). The molecule has 0 saturated carbocycles. The number of methoxy groups -OCH3 is 3. The summed E-state index contributed by atoms with van der Waals surface area (Å²) in [6, 6.07) is 15.8. The molecule has 0 spiro atoms. The van der Waals surface area contributed by atoms with Crippen molar-refractivity contribution in [1.82, 2.24) is 19.7 Å². The lowest BCUT2D eigenvalue weighted by Gasteiger charge is -2.34. The maximum absolute atomic E-state index is 13.6. The molecule has 2 amide bonds. The minimum atomic E-state index is -4.43. The SMILES string of the molecule is COc1cc(CN2CCN(C(=O)c3csc(C4CCN(C(=O)c5ccccc5-c5ccc(C(F)(F)F)cc5)CC4)n3)CC2)cc(OC)c1OC. The Hall–Kier alpha value is -4.62. The van der Waals surface area contributed by atoms with Crippen LogP contribution in [0.1, 0.15) is 55.7 Å². The van der Waals surface area contributed by atoms with Gasteiger partial charge < -0.3 is 24.0 Å². The van der Waals surface area contributed by atoms with Crippen LogP contribution in [-0.4, -0.2) is 92.1 Å². The van der Waals surface area contributed by atoms with Crippen LogP contribution in [0.3, 0.4) is 0 Å². The van der Waals surface area contributed by atoms with Crippen molar-refractivity contribution in [2.24, 2.45) is 0 Å². The van der Waals surface area contributed by atoms with Crippen molar-refractivity contribution in [2.75, 3.05) is 60.6 Å². The van der Waals surface area contributed by atoms with Gasteiger partial charge in [0.25, 0.3) is 11.8 Å². The number of hydrogen-bond donors (Lipinski definition) is 0. The topological polar surface area (TPSA) is 84.4 Å². The smallest absolute Gasteiger partial charge is 0.416 e. The molecule has 9 nitrogen and oxygen atoms in total. The second-order valence-electron chi connectivity index (χ2n) is 12.4. The monoisotopic (exact) mass is 708 g/mol. The van der Waals surface area contributed by atoms with Crippen molar-refractivity contribution in [3.8, 4) is 28.4 Å². The first-order valence-electron chi connectivity index (χ1n) is 16.4.